The van der Waals surface area contributed by atoms with Crippen molar-refractivity contribution in [3.05, 3.63) is 101 Å². The number of hydrogen-bond acceptors (Lipinski definition) is 5. The van der Waals surface area contributed by atoms with Crippen LogP contribution in [0.2, 0.25) is 5.02 Å². The van der Waals surface area contributed by atoms with Crippen LogP contribution in [-0.4, -0.2) is 53.3 Å². The van der Waals surface area contributed by atoms with Gasteiger partial charge in [0.2, 0.25) is 21.8 Å². The standard InChI is InChI=1S/C26H29ClN4O4S/c1-20(26(33)29-16-23-9-6-14-28-15-23)31(18-22-10-12-24(27)13-11-22)25(32)19-30(36(2,34)35)17-21-7-4-3-5-8-21/h3-15,20H,16-19H2,1-2H3,(H,29,33)/t20-/m0/s1. The van der Waals surface area contributed by atoms with E-state index in [9.17, 15) is 18.0 Å². The van der Waals surface area contributed by atoms with Gasteiger partial charge in [-0.1, -0.05) is 60.1 Å². The molecule has 0 radical (unpaired) electrons. The van der Waals surface area contributed by atoms with Gasteiger partial charge in [0.25, 0.3) is 0 Å². The molecule has 190 valence electrons. The maximum absolute atomic E-state index is 13.5. The Labute approximate surface area is 217 Å². The van der Waals surface area contributed by atoms with Gasteiger partial charge in [-0.05, 0) is 41.8 Å². The van der Waals surface area contributed by atoms with Crippen LogP contribution in [0.4, 0.5) is 0 Å². The van der Waals surface area contributed by atoms with Gasteiger partial charge in [0, 0.05) is 37.1 Å². The fourth-order valence-electron chi connectivity index (χ4n) is 3.53. The molecule has 0 fully saturated rings. The predicted octanol–water partition coefficient (Wildman–Crippen LogP) is 3.23. The molecule has 2 amide bonds. The van der Waals surface area contributed by atoms with Crippen LogP contribution in [-0.2, 0) is 39.2 Å². The second kappa shape index (κ2) is 12.6. The average molecular weight is 529 g/mol. The summed E-state index contributed by atoms with van der Waals surface area (Å²) in [5, 5.41) is 3.37. The zero-order valence-electron chi connectivity index (χ0n) is 20.2. The molecule has 1 heterocycles. The highest BCUT2D eigenvalue weighted by Gasteiger charge is 2.29. The van der Waals surface area contributed by atoms with Gasteiger partial charge < -0.3 is 10.2 Å². The number of sulfonamides is 1. The Kier molecular flexibility index (Phi) is 9.58. The first-order valence-corrected chi connectivity index (χ1v) is 13.6. The van der Waals surface area contributed by atoms with Gasteiger partial charge in [-0.25, -0.2) is 8.42 Å². The first kappa shape index (κ1) is 27.3. The average Bonchev–Trinajstić information content (AvgIpc) is 2.86. The van der Waals surface area contributed by atoms with Crippen molar-refractivity contribution < 1.29 is 18.0 Å². The molecule has 1 aromatic heterocycles. The van der Waals surface area contributed by atoms with E-state index in [2.05, 4.69) is 10.3 Å². The van der Waals surface area contributed by atoms with Gasteiger partial charge in [-0.3, -0.25) is 14.6 Å². The van der Waals surface area contributed by atoms with Crippen molar-refractivity contribution in [2.45, 2.75) is 32.6 Å². The molecule has 0 spiro atoms. The van der Waals surface area contributed by atoms with Crippen LogP contribution in [0.25, 0.3) is 0 Å². The summed E-state index contributed by atoms with van der Waals surface area (Å²) >= 11 is 6.00. The number of pyridine rings is 1. The number of hydrogen-bond donors (Lipinski definition) is 1. The number of rotatable bonds is 11. The minimum Gasteiger partial charge on any atom is -0.350 e. The molecule has 0 saturated heterocycles. The summed E-state index contributed by atoms with van der Waals surface area (Å²) in [5.41, 5.74) is 2.33. The van der Waals surface area contributed by atoms with Gasteiger partial charge >= 0.3 is 0 Å². The number of benzene rings is 2. The summed E-state index contributed by atoms with van der Waals surface area (Å²) < 4.78 is 26.1. The van der Waals surface area contributed by atoms with Gasteiger partial charge in [-0.2, -0.15) is 4.31 Å². The fraction of sp³-hybridized carbons (Fsp3) is 0.269. The van der Waals surface area contributed by atoms with E-state index in [1.807, 2.05) is 12.1 Å². The van der Waals surface area contributed by atoms with Crippen molar-refractivity contribution in [2.24, 2.45) is 0 Å². The third kappa shape index (κ3) is 8.15. The van der Waals surface area contributed by atoms with E-state index in [4.69, 9.17) is 11.6 Å². The summed E-state index contributed by atoms with van der Waals surface area (Å²) in [6.45, 7) is 1.63. The van der Waals surface area contributed by atoms with Gasteiger partial charge in [-0.15, -0.1) is 0 Å². The monoisotopic (exact) mass is 528 g/mol. The van der Waals surface area contributed by atoms with Crippen LogP contribution in [0.1, 0.15) is 23.6 Å². The topological polar surface area (TPSA) is 99.7 Å². The SMILES string of the molecule is C[C@@H](C(=O)NCc1cccnc1)N(Cc1ccc(Cl)cc1)C(=O)CN(Cc1ccccc1)S(C)(=O)=O. The molecule has 0 bridgehead atoms. The number of nitrogens with zero attached hydrogens (tertiary/aromatic N) is 3. The van der Waals surface area contributed by atoms with E-state index in [1.54, 1.807) is 73.9 Å². The predicted molar refractivity (Wildman–Crippen MR) is 139 cm³/mol. The lowest BCUT2D eigenvalue weighted by Crippen LogP contribution is -2.50. The molecule has 10 heteroatoms. The van der Waals surface area contributed by atoms with Crippen molar-refractivity contribution in [3.63, 3.8) is 0 Å². The molecule has 36 heavy (non-hydrogen) atoms. The maximum atomic E-state index is 13.5. The van der Waals surface area contributed by atoms with Crippen molar-refractivity contribution >= 4 is 33.4 Å². The number of carbonyl (C=O) groups excluding carboxylic acids is 2. The lowest BCUT2D eigenvalue weighted by atomic mass is 10.1. The minimum atomic E-state index is -3.70. The highest BCUT2D eigenvalue weighted by molar-refractivity contribution is 7.88. The molecule has 1 atom stereocenters. The van der Waals surface area contributed by atoms with Crippen LogP contribution in [0.15, 0.2) is 79.1 Å². The summed E-state index contributed by atoms with van der Waals surface area (Å²) in [7, 11) is -3.70. The zero-order valence-corrected chi connectivity index (χ0v) is 21.7. The molecule has 8 nitrogen and oxygen atoms in total. The molecular weight excluding hydrogens is 500 g/mol. The Hall–Kier alpha value is -3.27. The van der Waals surface area contributed by atoms with Crippen LogP contribution < -0.4 is 5.32 Å². The second-order valence-electron chi connectivity index (χ2n) is 8.42. The lowest BCUT2D eigenvalue weighted by Gasteiger charge is -2.31. The molecule has 0 aliphatic heterocycles. The summed E-state index contributed by atoms with van der Waals surface area (Å²) in [6, 6.07) is 18.7. The van der Waals surface area contributed by atoms with E-state index >= 15 is 0 Å². The van der Waals surface area contributed by atoms with E-state index in [-0.39, 0.29) is 25.5 Å². The Bertz CT molecular complexity index is 1260. The first-order chi connectivity index (χ1) is 17.1. The largest absolute Gasteiger partial charge is 0.350 e. The molecule has 0 unspecified atom stereocenters. The number of halogens is 1. The Morgan fingerprint density at radius 2 is 1.58 bits per heavy atom. The van der Waals surface area contributed by atoms with Crippen molar-refractivity contribution in [1.82, 2.24) is 19.5 Å². The van der Waals surface area contributed by atoms with Gasteiger partial charge in [0.05, 0.1) is 12.8 Å². The van der Waals surface area contributed by atoms with Crippen LogP contribution in [0.3, 0.4) is 0 Å². The number of aromatic nitrogens is 1. The first-order valence-electron chi connectivity index (χ1n) is 11.3. The number of carbonyl (C=O) groups is 2. The van der Waals surface area contributed by atoms with Crippen molar-refractivity contribution in [1.29, 1.82) is 0 Å². The highest BCUT2D eigenvalue weighted by Crippen LogP contribution is 2.16. The Balaban J connectivity index is 1.80. The maximum Gasteiger partial charge on any atom is 0.242 e. The van der Waals surface area contributed by atoms with Gasteiger partial charge in [0.1, 0.15) is 6.04 Å². The third-order valence-corrected chi connectivity index (χ3v) is 7.05. The summed E-state index contributed by atoms with van der Waals surface area (Å²) in [5.74, 6) is -0.856. The third-order valence-electron chi connectivity index (χ3n) is 5.61. The smallest absolute Gasteiger partial charge is 0.242 e. The van der Waals surface area contributed by atoms with Crippen LogP contribution in [0.5, 0.6) is 0 Å². The highest BCUT2D eigenvalue weighted by atomic mass is 35.5. The number of nitrogens with one attached hydrogen (secondary N) is 1. The van der Waals surface area contributed by atoms with E-state index in [1.165, 1.54) is 4.90 Å². The molecule has 1 N–H and O–H groups in total. The Morgan fingerprint density at radius 1 is 0.944 bits per heavy atom. The fourth-order valence-corrected chi connectivity index (χ4v) is 4.38. The van der Waals surface area contributed by atoms with E-state index < -0.39 is 28.5 Å². The summed E-state index contributed by atoms with van der Waals surface area (Å²) in [6.07, 6.45) is 4.36. The normalized spacial score (nSPS) is 12.2. The minimum absolute atomic E-state index is 0.0434. The van der Waals surface area contributed by atoms with Crippen molar-refractivity contribution in [3.8, 4) is 0 Å². The van der Waals surface area contributed by atoms with Crippen LogP contribution >= 0.6 is 11.6 Å². The van der Waals surface area contributed by atoms with E-state index in [0.717, 1.165) is 27.3 Å². The zero-order chi connectivity index (χ0) is 26.1. The van der Waals surface area contributed by atoms with E-state index in [0.29, 0.717) is 5.02 Å². The molecule has 3 rings (SSSR count). The second-order valence-corrected chi connectivity index (χ2v) is 10.8. The molecule has 0 aliphatic rings. The molecular formula is C26H29ClN4O4S. The molecule has 0 saturated carbocycles. The number of amides is 2. The molecule has 3 aromatic rings. The van der Waals surface area contributed by atoms with Gasteiger partial charge in [0.15, 0.2) is 0 Å². The molecule has 0 aliphatic carbocycles. The Morgan fingerprint density at radius 3 is 2.19 bits per heavy atom. The molecule has 2 aromatic carbocycles. The summed E-state index contributed by atoms with van der Waals surface area (Å²) in [4.78, 5) is 31.9. The van der Waals surface area contributed by atoms with Crippen LogP contribution in [0, 0.1) is 0 Å². The quantitative estimate of drug-likeness (QED) is 0.412. The van der Waals surface area contributed by atoms with Crippen molar-refractivity contribution in [2.75, 3.05) is 12.8 Å². The lowest BCUT2D eigenvalue weighted by molar-refractivity contribution is -0.140.